The molecule has 3 aliphatic rings. The molecule has 0 spiro atoms. The lowest BCUT2D eigenvalue weighted by Crippen LogP contribution is -2.40. The summed E-state index contributed by atoms with van der Waals surface area (Å²) in [6.45, 7) is 19.9. The zero-order chi connectivity index (χ0) is 27.9. The molecule has 1 aromatic rings. The van der Waals surface area contributed by atoms with Crippen LogP contribution < -0.4 is 11.0 Å². The van der Waals surface area contributed by atoms with Crippen LogP contribution >= 0.6 is 11.8 Å². The Bertz CT molecular complexity index is 974. The van der Waals surface area contributed by atoms with Crippen molar-refractivity contribution in [3.8, 4) is 0 Å². The molecule has 1 aromatic carbocycles. The van der Waals surface area contributed by atoms with E-state index in [9.17, 15) is 0 Å². The van der Waals surface area contributed by atoms with Gasteiger partial charge in [-0.3, -0.25) is 5.01 Å². The molecular weight excluding hydrogens is 482 g/mol. The Balaban J connectivity index is 0.00000127. The largest absolute Gasteiger partial charge is 0.302 e. The lowest BCUT2D eigenvalue weighted by molar-refractivity contribution is 0.151. The fourth-order valence-corrected chi connectivity index (χ4v) is 7.19. The lowest BCUT2D eigenvalue weighted by atomic mass is 9.56. The minimum atomic E-state index is 0.247. The Labute approximate surface area is 239 Å². The molecule has 38 heavy (non-hydrogen) atoms. The van der Waals surface area contributed by atoms with Crippen LogP contribution in [0.5, 0.6) is 0 Å². The van der Waals surface area contributed by atoms with Crippen molar-refractivity contribution in [2.24, 2.45) is 11.3 Å². The zero-order valence-corrected chi connectivity index (χ0v) is 26.9. The molecule has 1 aliphatic heterocycles. The number of fused-ring (bicyclic) bond motifs is 3. The first kappa shape index (κ1) is 31.1. The van der Waals surface area contributed by atoms with Crippen LogP contribution in [0.2, 0.25) is 0 Å². The highest BCUT2D eigenvalue weighted by molar-refractivity contribution is 7.98. The smallest absolute Gasteiger partial charge is 0.0708 e. The van der Waals surface area contributed by atoms with Gasteiger partial charge < -0.3 is 5.43 Å². The van der Waals surface area contributed by atoms with Crippen LogP contribution in [0.4, 0.5) is 0 Å². The molecule has 4 heteroatoms. The fraction of sp³-hybridized carbons (Fsp3) is 0.706. The third-order valence-electron chi connectivity index (χ3n) is 8.98. The second-order valence-corrected chi connectivity index (χ2v) is 14.3. The summed E-state index contributed by atoms with van der Waals surface area (Å²) in [5, 5.41) is 2.19. The SMILES string of the molecule is CCC.CCCCCCC(C)(C)c1cc(C)c2c(c1)CC(C)(C)C1CC=C(C3=CN(CCSC)NN3)CC21. The van der Waals surface area contributed by atoms with Gasteiger partial charge in [0.25, 0.3) is 0 Å². The number of allylic oxidation sites excluding steroid dienone is 2. The highest BCUT2D eigenvalue weighted by Crippen LogP contribution is 2.55. The molecule has 2 N–H and O–H groups in total. The Morgan fingerprint density at radius 2 is 1.84 bits per heavy atom. The van der Waals surface area contributed by atoms with E-state index in [2.05, 4.69) is 102 Å². The molecule has 4 rings (SSSR count). The van der Waals surface area contributed by atoms with E-state index in [1.165, 1.54) is 68.2 Å². The number of nitrogens with one attached hydrogen (secondary N) is 2. The van der Waals surface area contributed by atoms with E-state index in [1.54, 1.807) is 16.7 Å². The predicted octanol–water partition coefficient (Wildman–Crippen LogP) is 9.19. The van der Waals surface area contributed by atoms with Gasteiger partial charge in [-0.1, -0.05) is 98.8 Å². The van der Waals surface area contributed by atoms with Crippen LogP contribution in [0.1, 0.15) is 128 Å². The molecule has 214 valence electrons. The summed E-state index contributed by atoms with van der Waals surface area (Å²) in [4.78, 5) is 0. The van der Waals surface area contributed by atoms with Gasteiger partial charge >= 0.3 is 0 Å². The summed E-state index contributed by atoms with van der Waals surface area (Å²) >= 11 is 1.89. The first-order chi connectivity index (χ1) is 18.1. The first-order valence-corrected chi connectivity index (χ1v) is 16.8. The van der Waals surface area contributed by atoms with Crippen LogP contribution in [0.15, 0.2) is 35.7 Å². The normalized spacial score (nSPS) is 22.0. The zero-order valence-electron chi connectivity index (χ0n) is 26.1. The van der Waals surface area contributed by atoms with Crippen molar-refractivity contribution in [2.45, 2.75) is 125 Å². The number of hydrogen-bond donors (Lipinski definition) is 2. The van der Waals surface area contributed by atoms with Crippen LogP contribution in [0.25, 0.3) is 0 Å². The van der Waals surface area contributed by atoms with E-state index in [4.69, 9.17) is 0 Å². The van der Waals surface area contributed by atoms with Crippen molar-refractivity contribution in [3.05, 3.63) is 57.9 Å². The summed E-state index contributed by atoms with van der Waals surface area (Å²) < 4.78 is 0. The van der Waals surface area contributed by atoms with Crippen molar-refractivity contribution in [1.29, 1.82) is 0 Å². The van der Waals surface area contributed by atoms with Crippen molar-refractivity contribution in [3.63, 3.8) is 0 Å². The molecule has 0 aromatic heterocycles. The minimum Gasteiger partial charge on any atom is -0.302 e. The predicted molar refractivity (Wildman–Crippen MR) is 169 cm³/mol. The topological polar surface area (TPSA) is 27.3 Å². The average molecular weight is 540 g/mol. The van der Waals surface area contributed by atoms with Gasteiger partial charge in [0.15, 0.2) is 0 Å². The van der Waals surface area contributed by atoms with Crippen molar-refractivity contribution < 1.29 is 0 Å². The van der Waals surface area contributed by atoms with Crippen LogP contribution in [0, 0.1) is 18.3 Å². The van der Waals surface area contributed by atoms with Crippen molar-refractivity contribution >= 4 is 11.8 Å². The molecule has 0 fully saturated rings. The van der Waals surface area contributed by atoms with E-state index in [0.717, 1.165) is 18.7 Å². The van der Waals surface area contributed by atoms with E-state index in [-0.39, 0.29) is 5.41 Å². The van der Waals surface area contributed by atoms with E-state index >= 15 is 0 Å². The van der Waals surface area contributed by atoms with E-state index in [1.807, 2.05) is 11.8 Å². The number of hydrazine groups is 2. The highest BCUT2D eigenvalue weighted by atomic mass is 32.2. The minimum absolute atomic E-state index is 0.247. The quantitative estimate of drug-likeness (QED) is 0.290. The monoisotopic (exact) mass is 539 g/mol. The van der Waals surface area contributed by atoms with Crippen LogP contribution in [0.3, 0.4) is 0 Å². The molecule has 0 saturated carbocycles. The highest BCUT2D eigenvalue weighted by Gasteiger charge is 2.44. The number of thioether (sulfide) groups is 1. The number of rotatable bonds is 10. The number of benzene rings is 1. The van der Waals surface area contributed by atoms with Gasteiger partial charge in [0.05, 0.1) is 5.70 Å². The van der Waals surface area contributed by atoms with Gasteiger partial charge in [0.1, 0.15) is 0 Å². The number of nitrogens with zero attached hydrogens (tertiary/aromatic N) is 1. The Morgan fingerprint density at radius 1 is 1.11 bits per heavy atom. The molecule has 3 nitrogen and oxygen atoms in total. The van der Waals surface area contributed by atoms with E-state index < -0.39 is 0 Å². The molecule has 0 bridgehead atoms. The fourth-order valence-electron chi connectivity index (χ4n) is 6.81. The Kier molecular flexibility index (Phi) is 11.3. The summed E-state index contributed by atoms with van der Waals surface area (Å²) in [6, 6.07) is 5.15. The summed E-state index contributed by atoms with van der Waals surface area (Å²) in [7, 11) is 0. The standard InChI is InChI=1S/C31H49N3S.C3H8/c1-8-9-10-11-14-30(3,4)25-17-22(2)29-24(18-25)20-31(5,6)27-13-12-23(19-26(27)29)28-21-34(33-32-28)15-16-35-7;1-3-2/h12,17-18,21,26-27,32-33H,8-11,13-16,19-20H2,1-7H3;3H2,1-2H3. The van der Waals surface area contributed by atoms with Crippen LogP contribution in [-0.4, -0.2) is 23.6 Å². The molecule has 2 unspecified atom stereocenters. The maximum Gasteiger partial charge on any atom is 0.0708 e. The van der Waals surface area contributed by atoms with Crippen molar-refractivity contribution in [1.82, 2.24) is 16.0 Å². The second kappa shape index (κ2) is 13.8. The first-order valence-electron chi connectivity index (χ1n) is 15.4. The molecule has 2 atom stereocenters. The molecule has 1 heterocycles. The summed E-state index contributed by atoms with van der Waals surface area (Å²) in [5.74, 6) is 2.45. The Hall–Kier alpha value is -1.39. The summed E-state index contributed by atoms with van der Waals surface area (Å²) in [6.07, 6.45) is 18.4. The van der Waals surface area contributed by atoms with Gasteiger partial charge in [-0.2, -0.15) is 11.8 Å². The maximum absolute atomic E-state index is 3.46. The molecule has 0 saturated heterocycles. The van der Waals surface area contributed by atoms with E-state index in [0.29, 0.717) is 17.3 Å². The molecule has 2 aliphatic carbocycles. The third kappa shape index (κ3) is 7.42. The average Bonchev–Trinajstić information content (AvgIpc) is 3.34. The Morgan fingerprint density at radius 3 is 2.53 bits per heavy atom. The molecule has 0 amide bonds. The van der Waals surface area contributed by atoms with Gasteiger partial charge in [-0.15, -0.1) is 5.53 Å². The maximum atomic E-state index is 3.46. The number of hydrogen-bond acceptors (Lipinski definition) is 4. The molecule has 0 radical (unpaired) electrons. The summed E-state index contributed by atoms with van der Waals surface area (Å²) in [5.41, 5.74) is 16.5. The van der Waals surface area contributed by atoms with Crippen molar-refractivity contribution in [2.75, 3.05) is 18.6 Å². The lowest BCUT2D eigenvalue weighted by Gasteiger charge is -2.48. The van der Waals surface area contributed by atoms with Gasteiger partial charge in [0, 0.05) is 18.5 Å². The second-order valence-electron chi connectivity index (χ2n) is 13.3. The van der Waals surface area contributed by atoms with Gasteiger partial charge in [-0.05, 0) is 89.4 Å². The van der Waals surface area contributed by atoms with Gasteiger partial charge in [0.2, 0.25) is 0 Å². The molecular formula is C34H57N3S. The number of aryl methyl sites for hydroxylation is 1. The van der Waals surface area contributed by atoms with Crippen LogP contribution in [-0.2, 0) is 11.8 Å². The van der Waals surface area contributed by atoms with Gasteiger partial charge in [-0.25, -0.2) is 0 Å². The number of unbranched alkanes of at least 4 members (excludes halogenated alkanes) is 3. The third-order valence-corrected chi connectivity index (χ3v) is 9.57.